The minimum absolute atomic E-state index is 0.242. The van der Waals surface area contributed by atoms with Gasteiger partial charge in [-0.2, -0.15) is 0 Å². The number of rotatable bonds is 4. The maximum Gasteiger partial charge on any atom is 0.261 e. The molecule has 0 radical (unpaired) electrons. The fraction of sp³-hybridized carbons (Fsp3) is 0.158. The van der Waals surface area contributed by atoms with Gasteiger partial charge < -0.3 is 4.42 Å². The van der Waals surface area contributed by atoms with Crippen LogP contribution in [0.1, 0.15) is 16.9 Å². The van der Waals surface area contributed by atoms with Crippen molar-refractivity contribution in [2.75, 3.05) is 4.72 Å². The zero-order chi connectivity index (χ0) is 17.3. The zero-order valence-electron chi connectivity index (χ0n) is 13.8. The number of aryl methyl sites for hydroxylation is 3. The third-order valence-corrected chi connectivity index (χ3v) is 5.22. The second-order valence-corrected chi connectivity index (χ2v) is 7.54. The van der Waals surface area contributed by atoms with Gasteiger partial charge in [0, 0.05) is 5.56 Å². The van der Waals surface area contributed by atoms with Crippen molar-refractivity contribution in [3.63, 3.8) is 0 Å². The van der Waals surface area contributed by atoms with Crippen LogP contribution in [-0.2, 0) is 10.0 Å². The molecule has 1 heterocycles. The molecule has 0 aliphatic carbocycles. The fourth-order valence-corrected chi connectivity index (χ4v) is 3.52. The van der Waals surface area contributed by atoms with Crippen LogP contribution in [0.15, 0.2) is 63.9 Å². The van der Waals surface area contributed by atoms with E-state index in [2.05, 4.69) is 4.72 Å². The van der Waals surface area contributed by atoms with Crippen molar-refractivity contribution in [1.29, 1.82) is 0 Å². The highest BCUT2D eigenvalue weighted by molar-refractivity contribution is 7.92. The molecule has 1 aromatic heterocycles. The summed E-state index contributed by atoms with van der Waals surface area (Å²) in [5.74, 6) is 1.52. The largest absolute Gasteiger partial charge is 0.461 e. The minimum atomic E-state index is -3.63. The normalized spacial score (nSPS) is 11.5. The highest BCUT2D eigenvalue weighted by Crippen LogP contribution is 2.28. The summed E-state index contributed by atoms with van der Waals surface area (Å²) in [6.07, 6.45) is 0. The van der Waals surface area contributed by atoms with Gasteiger partial charge in [0.05, 0.1) is 10.6 Å². The third kappa shape index (κ3) is 3.36. The first kappa shape index (κ1) is 16.3. The van der Waals surface area contributed by atoms with Crippen LogP contribution in [0.25, 0.3) is 11.3 Å². The molecule has 0 fully saturated rings. The van der Waals surface area contributed by atoms with E-state index in [1.54, 1.807) is 30.3 Å². The van der Waals surface area contributed by atoms with E-state index < -0.39 is 10.0 Å². The lowest BCUT2D eigenvalue weighted by Crippen LogP contribution is -2.13. The van der Waals surface area contributed by atoms with E-state index >= 15 is 0 Å². The smallest absolute Gasteiger partial charge is 0.261 e. The Hall–Kier alpha value is -2.53. The predicted molar refractivity (Wildman–Crippen MR) is 95.6 cm³/mol. The molecular formula is C19H19NO3S. The Bertz CT molecular complexity index is 970. The molecule has 2 aromatic carbocycles. The molecule has 0 bridgehead atoms. The van der Waals surface area contributed by atoms with Crippen LogP contribution in [-0.4, -0.2) is 8.42 Å². The molecule has 3 rings (SSSR count). The standard InChI is InChI=1S/C19H19NO3S/c1-13-4-9-17(10-5-13)24(21,22)20-18-12-16(8-6-14(18)2)19-11-7-15(3)23-19/h4-12,20H,1-3H3. The van der Waals surface area contributed by atoms with E-state index in [1.165, 1.54) is 0 Å². The van der Waals surface area contributed by atoms with Gasteiger partial charge in [0.25, 0.3) is 10.0 Å². The molecule has 5 heteroatoms. The van der Waals surface area contributed by atoms with Crippen molar-refractivity contribution in [2.24, 2.45) is 0 Å². The average Bonchev–Trinajstić information content (AvgIpc) is 2.96. The van der Waals surface area contributed by atoms with Crippen molar-refractivity contribution in [3.05, 3.63) is 71.5 Å². The topological polar surface area (TPSA) is 59.3 Å². The van der Waals surface area contributed by atoms with Crippen LogP contribution < -0.4 is 4.72 Å². The number of sulfonamides is 1. The van der Waals surface area contributed by atoms with Gasteiger partial charge in [-0.05, 0) is 56.7 Å². The van der Waals surface area contributed by atoms with E-state index in [-0.39, 0.29) is 4.90 Å². The summed E-state index contributed by atoms with van der Waals surface area (Å²) < 4.78 is 33.4. The molecule has 4 nitrogen and oxygen atoms in total. The Kier molecular flexibility index (Phi) is 4.20. The Labute approximate surface area is 142 Å². The molecule has 0 saturated carbocycles. The van der Waals surface area contributed by atoms with Gasteiger partial charge in [-0.25, -0.2) is 8.42 Å². The van der Waals surface area contributed by atoms with Gasteiger partial charge >= 0.3 is 0 Å². The highest BCUT2D eigenvalue weighted by Gasteiger charge is 2.16. The van der Waals surface area contributed by atoms with Gasteiger partial charge in [0.15, 0.2) is 0 Å². The first-order chi connectivity index (χ1) is 11.3. The second-order valence-electron chi connectivity index (χ2n) is 5.86. The quantitative estimate of drug-likeness (QED) is 0.750. The molecule has 0 atom stereocenters. The summed E-state index contributed by atoms with van der Waals surface area (Å²) in [4.78, 5) is 0.242. The minimum Gasteiger partial charge on any atom is -0.461 e. The van der Waals surface area contributed by atoms with Crippen LogP contribution in [0, 0.1) is 20.8 Å². The number of hydrogen-bond donors (Lipinski definition) is 1. The average molecular weight is 341 g/mol. The Morgan fingerprint density at radius 3 is 2.21 bits per heavy atom. The van der Waals surface area contributed by atoms with Gasteiger partial charge in [-0.1, -0.05) is 29.8 Å². The van der Waals surface area contributed by atoms with Crippen molar-refractivity contribution in [1.82, 2.24) is 0 Å². The molecule has 124 valence electrons. The summed E-state index contributed by atoms with van der Waals surface area (Å²) in [5.41, 5.74) is 3.23. The first-order valence-corrected chi connectivity index (χ1v) is 9.10. The van der Waals surface area contributed by atoms with Gasteiger partial charge in [-0.15, -0.1) is 0 Å². The van der Waals surface area contributed by atoms with E-state index in [1.807, 2.05) is 45.0 Å². The van der Waals surface area contributed by atoms with Crippen LogP contribution in [0.3, 0.4) is 0 Å². The molecular weight excluding hydrogens is 322 g/mol. The maximum atomic E-state index is 12.6. The number of hydrogen-bond acceptors (Lipinski definition) is 3. The summed E-state index contributed by atoms with van der Waals surface area (Å²) in [6, 6.07) is 16.1. The lowest BCUT2D eigenvalue weighted by molar-refractivity contribution is 0.548. The van der Waals surface area contributed by atoms with E-state index in [4.69, 9.17) is 4.42 Å². The number of anilines is 1. The van der Waals surface area contributed by atoms with Crippen molar-refractivity contribution in [3.8, 4) is 11.3 Å². The summed E-state index contributed by atoms with van der Waals surface area (Å²) in [5, 5.41) is 0. The SMILES string of the molecule is Cc1ccc(S(=O)(=O)Nc2cc(-c3ccc(C)o3)ccc2C)cc1. The molecule has 1 N–H and O–H groups in total. The Morgan fingerprint density at radius 1 is 0.875 bits per heavy atom. The van der Waals surface area contributed by atoms with Gasteiger partial charge in [0.2, 0.25) is 0 Å². The molecule has 24 heavy (non-hydrogen) atoms. The lowest BCUT2D eigenvalue weighted by Gasteiger charge is -2.12. The number of benzene rings is 2. The van der Waals surface area contributed by atoms with E-state index in [0.29, 0.717) is 11.4 Å². The van der Waals surface area contributed by atoms with Gasteiger partial charge in [0.1, 0.15) is 11.5 Å². The first-order valence-electron chi connectivity index (χ1n) is 7.62. The van der Waals surface area contributed by atoms with Crippen molar-refractivity contribution < 1.29 is 12.8 Å². The van der Waals surface area contributed by atoms with Crippen LogP contribution >= 0.6 is 0 Å². The molecule has 0 unspecified atom stereocenters. The molecule has 0 amide bonds. The Morgan fingerprint density at radius 2 is 1.58 bits per heavy atom. The van der Waals surface area contributed by atoms with Crippen LogP contribution in [0.2, 0.25) is 0 Å². The van der Waals surface area contributed by atoms with E-state index in [0.717, 1.165) is 22.5 Å². The summed E-state index contributed by atoms with van der Waals surface area (Å²) >= 11 is 0. The molecule has 0 aliphatic rings. The van der Waals surface area contributed by atoms with Gasteiger partial charge in [-0.3, -0.25) is 4.72 Å². The molecule has 0 spiro atoms. The third-order valence-electron chi connectivity index (χ3n) is 3.84. The monoisotopic (exact) mass is 341 g/mol. The number of nitrogens with one attached hydrogen (secondary N) is 1. The van der Waals surface area contributed by atoms with Crippen LogP contribution in [0.5, 0.6) is 0 Å². The molecule has 0 aliphatic heterocycles. The summed E-state index contributed by atoms with van der Waals surface area (Å²) in [6.45, 7) is 5.66. The second kappa shape index (κ2) is 6.17. The number of furan rings is 1. The van der Waals surface area contributed by atoms with Crippen molar-refractivity contribution in [2.45, 2.75) is 25.7 Å². The lowest BCUT2D eigenvalue weighted by atomic mass is 10.1. The van der Waals surface area contributed by atoms with Crippen molar-refractivity contribution >= 4 is 15.7 Å². The zero-order valence-corrected chi connectivity index (χ0v) is 14.6. The Balaban J connectivity index is 1.96. The summed E-state index contributed by atoms with van der Waals surface area (Å²) in [7, 11) is -3.63. The maximum absolute atomic E-state index is 12.6. The van der Waals surface area contributed by atoms with Crippen LogP contribution in [0.4, 0.5) is 5.69 Å². The highest BCUT2D eigenvalue weighted by atomic mass is 32.2. The predicted octanol–water partition coefficient (Wildman–Crippen LogP) is 4.67. The molecule has 3 aromatic rings. The molecule has 0 saturated heterocycles. The fourth-order valence-electron chi connectivity index (χ4n) is 2.40. The van der Waals surface area contributed by atoms with E-state index in [9.17, 15) is 8.42 Å².